The second kappa shape index (κ2) is 25.3. The van der Waals surface area contributed by atoms with Crippen LogP contribution in [-0.4, -0.2) is 85.4 Å². The summed E-state index contributed by atoms with van der Waals surface area (Å²) in [6.07, 6.45) is 12.3. The zero-order chi connectivity index (χ0) is 58.5. The molecule has 0 fully saturated rings. The van der Waals surface area contributed by atoms with Crippen LogP contribution in [0, 0.1) is 37.5 Å². The van der Waals surface area contributed by atoms with Crippen LogP contribution in [0.5, 0.6) is 0 Å². The molecule has 0 spiro atoms. The molecule has 6 aromatic heterocycles. The van der Waals surface area contributed by atoms with Crippen LogP contribution < -0.4 is 11.1 Å². The van der Waals surface area contributed by atoms with Gasteiger partial charge in [-0.2, -0.15) is 5.26 Å². The van der Waals surface area contributed by atoms with Crippen LogP contribution in [0.4, 0.5) is 17.5 Å². The predicted octanol–water partition coefficient (Wildman–Crippen LogP) is 12.5. The molecular formula is C64H52N16O4. The number of anilines is 3. The normalized spacial score (nSPS) is 10.5. The van der Waals surface area contributed by atoms with Gasteiger partial charge in [-0.25, -0.2) is 19.9 Å². The average Bonchev–Trinajstić information content (AvgIpc) is 3.93. The Balaban J connectivity index is 0.000000167. The lowest BCUT2D eigenvalue weighted by Gasteiger charge is -2.10. The molecule has 412 valence electrons. The molecular weight excluding hydrogens is 1060 g/mol. The zero-order valence-corrected chi connectivity index (χ0v) is 45.6. The molecule has 20 nitrogen and oxygen atoms in total. The van der Waals surface area contributed by atoms with Crippen molar-refractivity contribution in [3.63, 3.8) is 0 Å². The van der Waals surface area contributed by atoms with Crippen LogP contribution in [0.3, 0.4) is 0 Å². The van der Waals surface area contributed by atoms with E-state index in [1.165, 1.54) is 11.1 Å². The Kier molecular flexibility index (Phi) is 16.6. The van der Waals surface area contributed by atoms with Gasteiger partial charge in [-0.3, -0.25) is 14.8 Å². The Morgan fingerprint density at radius 3 is 1.74 bits per heavy atom. The van der Waals surface area contributed by atoms with E-state index in [4.69, 9.17) is 35.7 Å². The highest BCUT2D eigenvalue weighted by Crippen LogP contribution is 2.31. The van der Waals surface area contributed by atoms with E-state index in [-0.39, 0.29) is 32.2 Å². The number of nitriles is 1. The predicted molar refractivity (Wildman–Crippen MR) is 322 cm³/mol. The molecule has 12 aromatic rings. The summed E-state index contributed by atoms with van der Waals surface area (Å²) in [4.78, 5) is 40.6. The number of rotatable bonds is 12. The third-order valence-corrected chi connectivity index (χ3v) is 12.5. The summed E-state index contributed by atoms with van der Waals surface area (Å²) in [5.41, 5.74) is 18.6. The number of carbonyl (C=O) groups excluding carboxylic acids is 1. The van der Waals surface area contributed by atoms with E-state index in [9.17, 15) is 4.79 Å². The number of aryl methyl sites for hydroxylation is 2. The Morgan fingerprint density at radius 1 is 0.583 bits per heavy atom. The van der Waals surface area contributed by atoms with Gasteiger partial charge in [-0.05, 0) is 86.1 Å². The number of hydrogen-bond acceptors (Lipinski definition) is 19. The number of amides is 1. The van der Waals surface area contributed by atoms with Crippen LogP contribution in [0.2, 0.25) is 0 Å². The average molecular weight is 1110 g/mol. The molecule has 6 heterocycles. The number of carbonyl (C=O) groups is 1. The molecule has 20 heteroatoms. The van der Waals surface area contributed by atoms with Crippen molar-refractivity contribution in [1.82, 2.24) is 65.4 Å². The van der Waals surface area contributed by atoms with Gasteiger partial charge < -0.3 is 29.2 Å². The minimum Gasteiger partial charge on any atom is -0.415 e. The zero-order valence-electron chi connectivity index (χ0n) is 45.6. The second-order valence-electron chi connectivity index (χ2n) is 18.4. The second-order valence-corrected chi connectivity index (χ2v) is 18.4. The smallest absolute Gasteiger partial charge is 0.320 e. The summed E-state index contributed by atoms with van der Waals surface area (Å²) >= 11 is 0. The van der Waals surface area contributed by atoms with Crippen molar-refractivity contribution in [2.24, 2.45) is 0 Å². The number of terminal acetylenes is 1. The Hall–Kier alpha value is -12.2. The number of aromatic nitrogens is 12. The number of nitrogen functional groups attached to an aromatic ring is 1. The van der Waals surface area contributed by atoms with E-state index in [0.717, 1.165) is 50.3 Å². The molecule has 84 heavy (non-hydrogen) atoms. The lowest BCUT2D eigenvalue weighted by Crippen LogP contribution is -2.21. The lowest BCUT2D eigenvalue weighted by molar-refractivity contribution is 0.0827. The van der Waals surface area contributed by atoms with Crippen LogP contribution in [-0.2, 0) is 0 Å². The van der Waals surface area contributed by atoms with Crippen LogP contribution in [0.25, 0.3) is 97.5 Å². The van der Waals surface area contributed by atoms with Gasteiger partial charge in [-0.15, -0.1) is 31.9 Å². The molecule has 6 aromatic carbocycles. The molecule has 0 radical (unpaired) electrons. The van der Waals surface area contributed by atoms with Crippen molar-refractivity contribution >= 4 is 29.5 Å². The maximum Gasteiger partial charge on any atom is 0.320 e. The van der Waals surface area contributed by atoms with Crippen molar-refractivity contribution in [3.05, 3.63) is 217 Å². The van der Waals surface area contributed by atoms with Crippen LogP contribution in [0.1, 0.15) is 41.3 Å². The Bertz CT molecular complexity index is 4410. The van der Waals surface area contributed by atoms with E-state index < -0.39 is 0 Å². The maximum atomic E-state index is 12.1. The Morgan fingerprint density at radius 2 is 1.11 bits per heavy atom. The highest BCUT2D eigenvalue weighted by molar-refractivity contribution is 5.94. The monoisotopic (exact) mass is 1110 g/mol. The topological polar surface area (TPSA) is 276 Å². The summed E-state index contributed by atoms with van der Waals surface area (Å²) in [6.45, 7) is 7.59. The summed E-state index contributed by atoms with van der Waals surface area (Å²) in [5, 5.41) is 36.5. The number of hydrogen-bond donors (Lipinski definition) is 2. The van der Waals surface area contributed by atoms with E-state index in [1.807, 2.05) is 123 Å². The standard InChI is InChI=1S/C22H18N8O2.C21H16N4O.C21H14N4O.2H2/c1-30(2)21(31)15-8-6-14(7-9-15)17-12-25-19(24)18(27-17)20-28-29-22(32-20)26-16-5-3-4-13(10-16)11-23;1-3-15-9-7-8-12-17(15)18-13-22-14(2)19(23-18)21-25-24-20(26-21)16-10-5-4-6-11-16;1-3-15-8-7-11-17(12-15)18-13-22-14(2)19(23-18)21-25-24-20(26-21)16-9-5-4-6-10-16;;/h3-10,12H,1-2H3,(H2,24,25)(H,26,29);3-13H,1H2,2H3;1,4-13H,2H3;2*1H. The first-order chi connectivity index (χ1) is 40.9. The van der Waals surface area contributed by atoms with Gasteiger partial charge >= 0.3 is 6.01 Å². The molecule has 0 atom stereocenters. The maximum absolute atomic E-state index is 12.1. The highest BCUT2D eigenvalue weighted by atomic mass is 16.4. The summed E-state index contributed by atoms with van der Waals surface area (Å²) in [6, 6.07) is 50.8. The largest absolute Gasteiger partial charge is 0.415 e. The fourth-order valence-corrected chi connectivity index (χ4v) is 8.18. The van der Waals surface area contributed by atoms with Crippen molar-refractivity contribution in [1.29, 1.82) is 5.26 Å². The third kappa shape index (κ3) is 12.8. The minimum atomic E-state index is -0.0909. The minimum absolute atomic E-state index is 0. The molecule has 1 amide bonds. The SMILES string of the molecule is C#Cc1cccc(-c2cnc(C)c(-c3nnc(-c4ccccc4)o3)n2)c1.C=Cc1ccccc1-c1cnc(C)c(-c2nnc(-c3ccccc3)o2)n1.CN(C)C(=O)c1ccc(-c2cnc(N)c(-c3nnc(Nc4cccc(C#N)c4)o3)n2)cc1.[HH].[HH]. The molecule has 0 bridgehead atoms. The fraction of sp³-hybridized carbons (Fsp3) is 0.0625. The Labute approximate surface area is 484 Å². The van der Waals surface area contributed by atoms with E-state index in [2.05, 4.69) is 79.4 Å². The molecule has 0 aliphatic carbocycles. The number of nitrogens with one attached hydrogen (secondary N) is 1. The summed E-state index contributed by atoms with van der Waals surface area (Å²) < 4.78 is 17.3. The van der Waals surface area contributed by atoms with Crippen LogP contribution in [0.15, 0.2) is 196 Å². The molecule has 0 aliphatic rings. The van der Waals surface area contributed by atoms with Gasteiger partial charge in [0.05, 0.1) is 58.7 Å². The number of benzene rings is 6. The van der Waals surface area contributed by atoms with Gasteiger partial charge in [-0.1, -0.05) is 115 Å². The van der Waals surface area contributed by atoms with Crippen molar-refractivity contribution in [2.45, 2.75) is 13.8 Å². The highest BCUT2D eigenvalue weighted by Gasteiger charge is 2.20. The summed E-state index contributed by atoms with van der Waals surface area (Å²) in [5.74, 6) is 4.36. The molecule has 3 N–H and O–H groups in total. The van der Waals surface area contributed by atoms with E-state index >= 15 is 0 Å². The van der Waals surface area contributed by atoms with Crippen molar-refractivity contribution in [3.8, 4) is 110 Å². The van der Waals surface area contributed by atoms with Gasteiger partial charge in [0, 0.05) is 61.6 Å². The molecule has 0 saturated heterocycles. The first-order valence-electron chi connectivity index (χ1n) is 25.8. The van der Waals surface area contributed by atoms with Gasteiger partial charge in [0.1, 0.15) is 11.4 Å². The number of nitrogens with two attached hydrogens (primary N) is 1. The van der Waals surface area contributed by atoms with E-state index in [0.29, 0.717) is 68.8 Å². The van der Waals surface area contributed by atoms with Crippen LogP contribution >= 0.6 is 0 Å². The first kappa shape index (κ1) is 55.2. The first-order valence-corrected chi connectivity index (χ1v) is 25.8. The van der Waals surface area contributed by atoms with Gasteiger partial charge in [0.25, 0.3) is 23.6 Å². The fourth-order valence-electron chi connectivity index (χ4n) is 8.18. The van der Waals surface area contributed by atoms with Crippen molar-refractivity contribution < 1.29 is 20.9 Å². The molecule has 12 rings (SSSR count). The summed E-state index contributed by atoms with van der Waals surface area (Å²) in [7, 11) is 3.39. The number of nitrogens with zero attached hydrogens (tertiary/aromatic N) is 14. The molecule has 0 saturated carbocycles. The third-order valence-electron chi connectivity index (χ3n) is 12.5. The van der Waals surface area contributed by atoms with Gasteiger partial charge in [0.15, 0.2) is 11.5 Å². The van der Waals surface area contributed by atoms with Crippen molar-refractivity contribution in [2.75, 3.05) is 25.1 Å². The molecule has 0 aliphatic heterocycles. The quantitative estimate of drug-likeness (QED) is 0.108. The van der Waals surface area contributed by atoms with E-state index in [1.54, 1.807) is 81.1 Å². The van der Waals surface area contributed by atoms with Gasteiger partial charge in [0.2, 0.25) is 11.8 Å². The molecule has 0 unspecified atom stereocenters. The lowest BCUT2D eigenvalue weighted by atomic mass is 10.0.